The molecule has 0 aliphatic carbocycles. The normalized spacial score (nSPS) is 51.0. The zero-order chi connectivity index (χ0) is 34.9. The van der Waals surface area contributed by atoms with Crippen LogP contribution in [0.3, 0.4) is 0 Å². The average molecular weight is 692 g/mol. The van der Waals surface area contributed by atoms with Crippen LogP contribution in [-0.2, 0) is 38.0 Å². The Morgan fingerprint density at radius 1 is 0.553 bits per heavy atom. The molecule has 0 spiro atoms. The zero-order valence-electron chi connectivity index (χ0n) is 25.3. The third-order valence-corrected chi connectivity index (χ3v) is 8.57. The fraction of sp³-hybridized carbons (Fsp3) is 0.962. The first-order valence-electron chi connectivity index (χ1n) is 15.0. The van der Waals surface area contributed by atoms with Crippen LogP contribution in [0, 0.1) is 0 Å². The lowest BCUT2D eigenvalue weighted by Gasteiger charge is -2.51. The Hall–Kier alpha value is -1.29. The van der Waals surface area contributed by atoms with Crippen molar-refractivity contribution in [3.63, 3.8) is 0 Å². The predicted molar refractivity (Wildman–Crippen MR) is 144 cm³/mol. The van der Waals surface area contributed by atoms with Gasteiger partial charge in [0, 0.05) is 6.92 Å². The highest BCUT2D eigenvalue weighted by molar-refractivity contribution is 5.73. The molecule has 47 heavy (non-hydrogen) atoms. The molecule has 4 saturated heterocycles. The van der Waals surface area contributed by atoms with Gasteiger partial charge in [0.15, 0.2) is 25.2 Å². The first-order chi connectivity index (χ1) is 22.1. The van der Waals surface area contributed by atoms with E-state index in [1.54, 1.807) is 0 Å². The number of rotatable bonds is 10. The molecule has 4 aliphatic rings. The summed E-state index contributed by atoms with van der Waals surface area (Å²) in [5, 5.41) is 126. The van der Waals surface area contributed by atoms with Gasteiger partial charge in [0.2, 0.25) is 5.91 Å². The summed E-state index contributed by atoms with van der Waals surface area (Å²) in [4.78, 5) is 12.5. The minimum Gasteiger partial charge on any atom is -0.394 e. The van der Waals surface area contributed by atoms with Gasteiger partial charge >= 0.3 is 0 Å². The first kappa shape index (κ1) is 38.5. The number of nitrogens with one attached hydrogen (secondary N) is 1. The standard InChI is InChI=1S/C26H45NO20/c1-6-12(32)15(35)18(38)25(41-6)46-21-11(27-7(2)31)24(47-22-17(37)14(34)8(3-28)42-23(22)40)44-10(5-30)20(21)45-26-19(39)16(36)13(33)9(4-29)43-26/h6,8-26,28-30,32-40H,3-5H2,1-2H3,(H,27,31)/t6-,8+,9+,10+,11+,12+,13-,14+,15+,16-,17-,18-,19+,20+,21+,22-,23-,24-,25-,26-/m0/s1. The van der Waals surface area contributed by atoms with Crippen molar-refractivity contribution in [2.24, 2.45) is 0 Å². The molecule has 21 nitrogen and oxygen atoms in total. The van der Waals surface area contributed by atoms with Crippen LogP contribution in [0.2, 0.25) is 0 Å². The van der Waals surface area contributed by atoms with Gasteiger partial charge in [-0.2, -0.15) is 0 Å². The topological polar surface area (TPSA) is 336 Å². The maximum Gasteiger partial charge on any atom is 0.217 e. The Kier molecular flexibility index (Phi) is 13.2. The minimum absolute atomic E-state index is 0.759. The molecule has 13 N–H and O–H groups in total. The fourth-order valence-corrected chi connectivity index (χ4v) is 5.87. The van der Waals surface area contributed by atoms with Crippen LogP contribution in [0.1, 0.15) is 13.8 Å². The number of aliphatic hydroxyl groups is 12. The molecular weight excluding hydrogens is 646 g/mol. The maximum absolute atomic E-state index is 12.5. The van der Waals surface area contributed by atoms with Crippen LogP contribution < -0.4 is 5.32 Å². The van der Waals surface area contributed by atoms with Crippen molar-refractivity contribution in [3.8, 4) is 0 Å². The van der Waals surface area contributed by atoms with Gasteiger partial charge in [-0.15, -0.1) is 0 Å². The number of hydrogen-bond acceptors (Lipinski definition) is 20. The zero-order valence-corrected chi connectivity index (χ0v) is 25.3. The van der Waals surface area contributed by atoms with Gasteiger partial charge in [-0.1, -0.05) is 0 Å². The Labute approximate surface area is 267 Å². The van der Waals surface area contributed by atoms with Gasteiger partial charge in [0.25, 0.3) is 0 Å². The third-order valence-electron chi connectivity index (χ3n) is 8.57. The molecule has 0 aromatic heterocycles. The molecular formula is C26H45NO20. The Balaban J connectivity index is 1.71. The molecule has 1 amide bonds. The van der Waals surface area contributed by atoms with Crippen LogP contribution in [0.25, 0.3) is 0 Å². The molecule has 4 fully saturated rings. The van der Waals surface area contributed by atoms with Gasteiger partial charge in [-0.25, -0.2) is 0 Å². The third kappa shape index (κ3) is 8.04. The monoisotopic (exact) mass is 691 g/mol. The largest absolute Gasteiger partial charge is 0.394 e. The van der Waals surface area contributed by atoms with Gasteiger partial charge in [0.05, 0.1) is 25.9 Å². The van der Waals surface area contributed by atoms with Crippen molar-refractivity contribution in [1.29, 1.82) is 0 Å². The van der Waals surface area contributed by atoms with E-state index in [0.717, 1.165) is 6.92 Å². The first-order valence-corrected chi connectivity index (χ1v) is 15.0. The predicted octanol–water partition coefficient (Wildman–Crippen LogP) is -8.58. The molecule has 21 heteroatoms. The number of hydrogen-bond donors (Lipinski definition) is 13. The molecule has 4 rings (SSSR count). The van der Waals surface area contributed by atoms with E-state index in [9.17, 15) is 66.1 Å². The Bertz CT molecular complexity index is 1010. The lowest BCUT2D eigenvalue weighted by molar-refractivity contribution is -0.387. The van der Waals surface area contributed by atoms with E-state index < -0.39 is 148 Å². The molecule has 4 heterocycles. The molecule has 0 bridgehead atoms. The number of carbonyl (C=O) groups excluding carboxylic acids is 1. The van der Waals surface area contributed by atoms with Crippen molar-refractivity contribution in [3.05, 3.63) is 0 Å². The number of amides is 1. The van der Waals surface area contributed by atoms with Gasteiger partial charge < -0.3 is 99.8 Å². The second-order valence-electron chi connectivity index (χ2n) is 11.9. The van der Waals surface area contributed by atoms with E-state index in [2.05, 4.69) is 5.32 Å². The molecule has 0 aromatic rings. The van der Waals surface area contributed by atoms with E-state index in [-0.39, 0.29) is 0 Å². The highest BCUT2D eigenvalue weighted by Crippen LogP contribution is 2.35. The van der Waals surface area contributed by atoms with Crippen molar-refractivity contribution in [2.75, 3.05) is 19.8 Å². The van der Waals surface area contributed by atoms with E-state index in [4.69, 9.17) is 33.2 Å². The molecule has 0 radical (unpaired) electrons. The van der Waals surface area contributed by atoms with Gasteiger partial charge in [0.1, 0.15) is 91.5 Å². The summed E-state index contributed by atoms with van der Waals surface area (Å²) in [5.74, 6) is -0.759. The maximum atomic E-state index is 12.5. The van der Waals surface area contributed by atoms with Crippen LogP contribution in [0.5, 0.6) is 0 Å². The summed E-state index contributed by atoms with van der Waals surface area (Å²) < 4.78 is 39.6. The second kappa shape index (κ2) is 16.2. The fourth-order valence-electron chi connectivity index (χ4n) is 5.87. The van der Waals surface area contributed by atoms with Crippen molar-refractivity contribution in [2.45, 2.75) is 137 Å². The number of ether oxygens (including phenoxy) is 7. The lowest BCUT2D eigenvalue weighted by atomic mass is 9.94. The molecule has 0 unspecified atom stereocenters. The summed E-state index contributed by atoms with van der Waals surface area (Å²) in [5.41, 5.74) is 0. The summed E-state index contributed by atoms with van der Waals surface area (Å²) in [6, 6.07) is -1.60. The average Bonchev–Trinajstić information content (AvgIpc) is 3.04. The summed E-state index contributed by atoms with van der Waals surface area (Å²) in [7, 11) is 0. The van der Waals surface area contributed by atoms with Crippen molar-refractivity contribution >= 4 is 5.91 Å². The lowest BCUT2D eigenvalue weighted by Crippen LogP contribution is -2.71. The highest BCUT2D eigenvalue weighted by atomic mass is 16.8. The van der Waals surface area contributed by atoms with Gasteiger partial charge in [-0.05, 0) is 6.92 Å². The molecule has 0 saturated carbocycles. The number of aliphatic hydroxyl groups excluding tert-OH is 12. The highest BCUT2D eigenvalue weighted by Gasteiger charge is 2.56. The molecule has 274 valence electrons. The summed E-state index contributed by atoms with van der Waals surface area (Å²) in [6.07, 6.45) is -32.6. The smallest absolute Gasteiger partial charge is 0.217 e. The van der Waals surface area contributed by atoms with Crippen LogP contribution in [-0.4, -0.2) is 210 Å². The Morgan fingerprint density at radius 2 is 1.02 bits per heavy atom. The molecule has 0 aromatic carbocycles. The van der Waals surface area contributed by atoms with E-state index in [1.165, 1.54) is 6.92 Å². The number of carbonyl (C=O) groups is 1. The van der Waals surface area contributed by atoms with Crippen molar-refractivity contribution < 1.29 is 99.2 Å². The SMILES string of the molecule is CC(=O)N[C@H]1[C@H](O[C@H]2[C@@H](O)[C@H](O)[C@@H](CO)O[C@@H]2O)O[C@H](CO)[C@@H](O[C@@H]2O[C@H](CO)[C@H](O)[C@H](O)[C@H]2O)[C@@H]1O[C@@H]1O[C@@H](C)[C@@H](O)[C@@H](O)[C@@H]1O. The van der Waals surface area contributed by atoms with Gasteiger partial charge in [-0.3, -0.25) is 4.79 Å². The molecule has 4 aliphatic heterocycles. The second-order valence-corrected chi connectivity index (χ2v) is 11.9. The summed E-state index contributed by atoms with van der Waals surface area (Å²) >= 11 is 0. The minimum atomic E-state index is -1.97. The van der Waals surface area contributed by atoms with Crippen LogP contribution >= 0.6 is 0 Å². The van der Waals surface area contributed by atoms with E-state index >= 15 is 0 Å². The van der Waals surface area contributed by atoms with Crippen molar-refractivity contribution in [1.82, 2.24) is 5.32 Å². The van der Waals surface area contributed by atoms with E-state index in [1.807, 2.05) is 0 Å². The van der Waals surface area contributed by atoms with Crippen LogP contribution in [0.15, 0.2) is 0 Å². The Morgan fingerprint density at radius 3 is 1.60 bits per heavy atom. The summed E-state index contributed by atoms with van der Waals surface area (Å²) in [6.45, 7) is -0.110. The molecule has 20 atom stereocenters. The van der Waals surface area contributed by atoms with Crippen LogP contribution in [0.4, 0.5) is 0 Å². The van der Waals surface area contributed by atoms with E-state index in [0.29, 0.717) is 0 Å². The quantitative estimate of drug-likeness (QED) is 0.101.